The largest absolute Gasteiger partial charge is 0.368 e. The summed E-state index contributed by atoms with van der Waals surface area (Å²) in [6, 6.07) is 2.19. The van der Waals surface area contributed by atoms with E-state index in [2.05, 4.69) is 42.1 Å². The Bertz CT molecular complexity index is 613. The van der Waals surface area contributed by atoms with Gasteiger partial charge in [0.25, 0.3) is 0 Å². The number of hydrogen-bond acceptors (Lipinski definition) is 5. The molecule has 2 aromatic rings. The average Bonchev–Trinajstić information content (AvgIpc) is 3.10. The highest BCUT2D eigenvalue weighted by molar-refractivity contribution is 7.18. The fourth-order valence-electron chi connectivity index (χ4n) is 2.47. The zero-order valence-corrected chi connectivity index (χ0v) is 12.5. The van der Waals surface area contributed by atoms with Crippen molar-refractivity contribution < 1.29 is 0 Å². The normalized spacial score (nSPS) is 15.9. The lowest BCUT2D eigenvalue weighted by Gasteiger charge is -2.27. The van der Waals surface area contributed by atoms with E-state index >= 15 is 0 Å². The maximum Gasteiger partial charge on any atom is 0.223 e. The van der Waals surface area contributed by atoms with Crippen LogP contribution in [0.5, 0.6) is 0 Å². The number of nitrogen functional groups attached to an aromatic ring is 1. The first-order chi connectivity index (χ1) is 8.99. The second-order valence-corrected chi connectivity index (χ2v) is 6.95. The SMILES string of the molecule is CCc1cc2c(NC(C)(C)C3CC3)nc(N)nc2s1. The summed E-state index contributed by atoms with van der Waals surface area (Å²) in [6.45, 7) is 6.63. The first-order valence-electron chi connectivity index (χ1n) is 6.83. The van der Waals surface area contributed by atoms with Gasteiger partial charge in [-0.1, -0.05) is 6.92 Å². The predicted octanol–water partition coefficient (Wildman–Crippen LogP) is 3.44. The molecule has 0 spiro atoms. The molecule has 0 aliphatic heterocycles. The number of anilines is 2. The Morgan fingerprint density at radius 3 is 2.79 bits per heavy atom. The number of nitrogens with zero attached hydrogens (tertiary/aromatic N) is 2. The molecular formula is C14H20N4S. The van der Waals surface area contributed by atoms with Crippen molar-refractivity contribution in [1.82, 2.24) is 9.97 Å². The number of hydrogen-bond donors (Lipinski definition) is 2. The van der Waals surface area contributed by atoms with Crippen LogP contribution in [0, 0.1) is 5.92 Å². The summed E-state index contributed by atoms with van der Waals surface area (Å²) in [4.78, 5) is 11.1. The van der Waals surface area contributed by atoms with E-state index < -0.39 is 0 Å². The summed E-state index contributed by atoms with van der Waals surface area (Å²) in [5.74, 6) is 1.98. The van der Waals surface area contributed by atoms with Crippen molar-refractivity contribution in [3.8, 4) is 0 Å². The number of fused-ring (bicyclic) bond motifs is 1. The maximum atomic E-state index is 5.83. The standard InChI is InChI=1S/C14H20N4S/c1-4-9-7-10-11(16-13(15)17-12(10)19-9)18-14(2,3)8-5-6-8/h7-8H,4-6H2,1-3H3,(H3,15,16,17,18). The number of nitrogens with one attached hydrogen (secondary N) is 1. The molecule has 19 heavy (non-hydrogen) atoms. The fourth-order valence-corrected chi connectivity index (χ4v) is 3.44. The topological polar surface area (TPSA) is 63.8 Å². The molecule has 5 heteroatoms. The highest BCUT2D eigenvalue weighted by atomic mass is 32.1. The van der Waals surface area contributed by atoms with Crippen molar-refractivity contribution in [1.29, 1.82) is 0 Å². The summed E-state index contributed by atoms with van der Waals surface area (Å²) in [6.07, 6.45) is 3.62. The number of aromatic nitrogens is 2. The van der Waals surface area contributed by atoms with Gasteiger partial charge in [-0.15, -0.1) is 11.3 Å². The second-order valence-electron chi connectivity index (χ2n) is 5.84. The molecule has 2 aromatic heterocycles. The van der Waals surface area contributed by atoms with E-state index in [1.807, 2.05) is 0 Å². The molecule has 0 unspecified atom stereocenters. The fraction of sp³-hybridized carbons (Fsp3) is 0.571. The third kappa shape index (κ3) is 2.39. The van der Waals surface area contributed by atoms with E-state index in [9.17, 15) is 0 Å². The lowest BCUT2D eigenvalue weighted by atomic mass is 9.99. The highest BCUT2D eigenvalue weighted by Gasteiger charge is 2.38. The predicted molar refractivity (Wildman–Crippen MR) is 81.6 cm³/mol. The van der Waals surface area contributed by atoms with E-state index in [4.69, 9.17) is 5.73 Å². The van der Waals surface area contributed by atoms with Gasteiger partial charge in [-0.2, -0.15) is 4.98 Å². The van der Waals surface area contributed by atoms with Crippen molar-refractivity contribution in [3.05, 3.63) is 10.9 Å². The highest BCUT2D eigenvalue weighted by Crippen LogP contribution is 2.42. The van der Waals surface area contributed by atoms with Gasteiger partial charge in [0.05, 0.1) is 5.39 Å². The molecule has 0 radical (unpaired) electrons. The molecule has 0 aromatic carbocycles. The summed E-state index contributed by atoms with van der Waals surface area (Å²) < 4.78 is 0. The zero-order chi connectivity index (χ0) is 13.6. The van der Waals surface area contributed by atoms with E-state index in [-0.39, 0.29) is 5.54 Å². The Kier molecular flexibility index (Phi) is 2.89. The molecule has 1 aliphatic rings. The second kappa shape index (κ2) is 4.34. The Labute approximate surface area is 117 Å². The van der Waals surface area contributed by atoms with Gasteiger partial charge in [0.2, 0.25) is 5.95 Å². The van der Waals surface area contributed by atoms with E-state index in [0.717, 1.165) is 28.4 Å². The van der Waals surface area contributed by atoms with E-state index in [0.29, 0.717) is 5.95 Å². The van der Waals surface area contributed by atoms with Crippen LogP contribution in [0.3, 0.4) is 0 Å². The molecule has 1 aliphatic carbocycles. The molecule has 0 bridgehead atoms. The van der Waals surface area contributed by atoms with Crippen molar-refractivity contribution in [3.63, 3.8) is 0 Å². The van der Waals surface area contributed by atoms with Crippen LogP contribution in [0.25, 0.3) is 10.2 Å². The third-order valence-corrected chi connectivity index (χ3v) is 5.02. The van der Waals surface area contributed by atoms with Crippen molar-refractivity contribution >= 4 is 33.3 Å². The summed E-state index contributed by atoms with van der Waals surface area (Å²) in [7, 11) is 0. The molecule has 2 heterocycles. The van der Waals surface area contributed by atoms with E-state index in [1.54, 1.807) is 11.3 Å². The van der Waals surface area contributed by atoms with Crippen LogP contribution in [-0.2, 0) is 6.42 Å². The molecule has 0 amide bonds. The van der Waals surface area contributed by atoms with E-state index in [1.165, 1.54) is 17.7 Å². The molecule has 4 nitrogen and oxygen atoms in total. The van der Waals surface area contributed by atoms with Gasteiger partial charge in [-0.25, -0.2) is 4.98 Å². The van der Waals surface area contributed by atoms with Crippen LogP contribution >= 0.6 is 11.3 Å². The van der Waals surface area contributed by atoms with Crippen molar-refractivity contribution in [2.45, 2.75) is 45.6 Å². The Balaban J connectivity index is 2.03. The molecule has 102 valence electrons. The molecule has 1 saturated carbocycles. The van der Waals surface area contributed by atoms with Crippen LogP contribution in [0.2, 0.25) is 0 Å². The zero-order valence-electron chi connectivity index (χ0n) is 11.7. The average molecular weight is 276 g/mol. The number of thiophene rings is 1. The lowest BCUT2D eigenvalue weighted by molar-refractivity contribution is 0.493. The molecule has 1 fully saturated rings. The number of aryl methyl sites for hydroxylation is 1. The van der Waals surface area contributed by atoms with Gasteiger partial charge in [-0.05, 0) is 45.1 Å². The maximum absolute atomic E-state index is 5.83. The van der Waals surface area contributed by atoms with Crippen LogP contribution in [-0.4, -0.2) is 15.5 Å². The Hall–Kier alpha value is -1.36. The van der Waals surface area contributed by atoms with Gasteiger partial charge in [-0.3, -0.25) is 0 Å². The lowest BCUT2D eigenvalue weighted by Crippen LogP contribution is -2.33. The smallest absolute Gasteiger partial charge is 0.223 e. The van der Waals surface area contributed by atoms with Gasteiger partial charge in [0.15, 0.2) is 0 Å². The molecule has 0 atom stereocenters. The Morgan fingerprint density at radius 2 is 2.16 bits per heavy atom. The minimum Gasteiger partial charge on any atom is -0.368 e. The van der Waals surface area contributed by atoms with Gasteiger partial charge < -0.3 is 11.1 Å². The van der Waals surface area contributed by atoms with Crippen molar-refractivity contribution in [2.75, 3.05) is 11.1 Å². The third-order valence-electron chi connectivity index (χ3n) is 3.85. The molecule has 0 saturated heterocycles. The number of nitrogens with two attached hydrogens (primary N) is 1. The molecule has 3 N–H and O–H groups in total. The van der Waals surface area contributed by atoms with Crippen LogP contribution in [0.1, 0.15) is 38.5 Å². The Morgan fingerprint density at radius 1 is 1.42 bits per heavy atom. The van der Waals surface area contributed by atoms with Gasteiger partial charge >= 0.3 is 0 Å². The molecular weight excluding hydrogens is 256 g/mol. The summed E-state index contributed by atoms with van der Waals surface area (Å²) >= 11 is 1.70. The first-order valence-corrected chi connectivity index (χ1v) is 7.65. The molecule has 3 rings (SSSR count). The summed E-state index contributed by atoms with van der Waals surface area (Å²) in [5, 5.41) is 4.68. The van der Waals surface area contributed by atoms with Crippen LogP contribution in [0.4, 0.5) is 11.8 Å². The monoisotopic (exact) mass is 276 g/mol. The first kappa shape index (κ1) is 12.7. The minimum absolute atomic E-state index is 0.0715. The minimum atomic E-state index is 0.0715. The van der Waals surface area contributed by atoms with Gasteiger partial charge in [0.1, 0.15) is 10.6 Å². The summed E-state index contributed by atoms with van der Waals surface area (Å²) in [5.41, 5.74) is 5.90. The number of rotatable bonds is 4. The van der Waals surface area contributed by atoms with Gasteiger partial charge in [0, 0.05) is 10.4 Å². The van der Waals surface area contributed by atoms with Crippen LogP contribution in [0.15, 0.2) is 6.07 Å². The van der Waals surface area contributed by atoms with Crippen molar-refractivity contribution in [2.24, 2.45) is 5.92 Å². The van der Waals surface area contributed by atoms with Crippen LogP contribution < -0.4 is 11.1 Å². The quantitative estimate of drug-likeness (QED) is 0.898.